The third-order valence-electron chi connectivity index (χ3n) is 32.8. The second kappa shape index (κ2) is 48.8. The smallest absolute Gasteiger partial charge is 0.274 e. The highest BCUT2D eigenvalue weighted by molar-refractivity contribution is 7.89. The topological polar surface area (TPSA) is 339 Å². The van der Waals surface area contributed by atoms with Gasteiger partial charge in [0.1, 0.15) is 67.9 Å². The fourth-order valence-electron chi connectivity index (χ4n) is 25.6. The first-order valence-corrected chi connectivity index (χ1v) is 62.4. The number of piperidine rings is 5. The minimum atomic E-state index is -3.42. The van der Waals surface area contributed by atoms with E-state index in [-0.39, 0.29) is 122 Å². The maximum absolute atomic E-state index is 15.4. The molecule has 38 heteroatoms. The monoisotopic (exact) mass is 2110 g/mol. The Labute approximate surface area is 858 Å². The van der Waals surface area contributed by atoms with Gasteiger partial charge in [0.05, 0.1) is 84.0 Å². The molecule has 26 rings (SSSR count). The van der Waals surface area contributed by atoms with Crippen LogP contribution in [0.25, 0.3) is 0 Å². The number of benzene rings is 5. The van der Waals surface area contributed by atoms with E-state index in [2.05, 4.69) is 90.6 Å². The number of fused-ring (bicyclic) bond motifs is 24. The number of sulfonamides is 5. The van der Waals surface area contributed by atoms with E-state index in [4.69, 9.17) is 51.5 Å². The van der Waals surface area contributed by atoms with Gasteiger partial charge in [-0.05, 0) is 282 Å². The summed E-state index contributed by atoms with van der Waals surface area (Å²) < 4.78 is 266. The van der Waals surface area contributed by atoms with Gasteiger partial charge < -0.3 is 47.4 Å². The molecular formula is C106H157F3N10O20S5. The quantitative estimate of drug-likeness (QED) is 0.0867. The van der Waals surface area contributed by atoms with Crippen molar-refractivity contribution in [1.29, 1.82) is 0 Å². The molecule has 5 aromatic carbocycles. The first-order chi connectivity index (χ1) is 70.1. The average molecular weight is 2110 g/mol. The van der Waals surface area contributed by atoms with Gasteiger partial charge in [-0.3, -0.25) is 24.5 Å². The normalized spacial score (nSPS) is 34.9. The molecule has 15 aliphatic heterocycles. The molecule has 802 valence electrons. The molecule has 5 N–H and O–H groups in total. The zero-order valence-electron chi connectivity index (χ0n) is 87.5. The summed E-state index contributed by atoms with van der Waals surface area (Å²) in [5.74, 6) is 0.571. The van der Waals surface area contributed by atoms with Crippen LogP contribution in [0.4, 0.5) is 13.2 Å². The Kier molecular flexibility index (Phi) is 35.6. The van der Waals surface area contributed by atoms with Gasteiger partial charge in [0.2, 0.25) is 56.0 Å². The number of para-hydroxylation sites is 5. The lowest BCUT2D eigenvalue weighted by Gasteiger charge is -2.42. The van der Waals surface area contributed by atoms with Crippen LogP contribution in [0.3, 0.4) is 0 Å². The average Bonchev–Trinajstić information content (AvgIpc) is 1.55. The fraction of sp³-hybridized carbons (Fsp3) is 0.717. The molecule has 6 aliphatic carbocycles. The van der Waals surface area contributed by atoms with E-state index >= 15 is 4.39 Å². The summed E-state index contributed by atoms with van der Waals surface area (Å²) in [7, 11) is -16.6. The van der Waals surface area contributed by atoms with Crippen LogP contribution in [0.15, 0.2) is 121 Å². The van der Waals surface area contributed by atoms with E-state index in [0.717, 1.165) is 194 Å². The van der Waals surface area contributed by atoms with Crippen molar-refractivity contribution in [2.24, 2.45) is 5.92 Å². The highest BCUT2D eigenvalue weighted by atomic mass is 32.2. The van der Waals surface area contributed by atoms with Crippen molar-refractivity contribution in [3.8, 4) is 28.7 Å². The molecule has 5 saturated heterocycles. The number of alkyl halides is 3. The molecule has 10 bridgehead atoms. The summed E-state index contributed by atoms with van der Waals surface area (Å²) in [6.07, 6.45) is 23.3. The van der Waals surface area contributed by atoms with E-state index in [1.807, 2.05) is 78.9 Å². The van der Waals surface area contributed by atoms with Gasteiger partial charge in [-0.25, -0.2) is 78.9 Å². The van der Waals surface area contributed by atoms with Crippen LogP contribution in [-0.2, 0) is 79.2 Å². The van der Waals surface area contributed by atoms with E-state index in [1.165, 1.54) is 42.6 Å². The van der Waals surface area contributed by atoms with Gasteiger partial charge in [-0.1, -0.05) is 91.0 Å². The highest BCUT2D eigenvalue weighted by Crippen LogP contribution is 2.64. The van der Waals surface area contributed by atoms with Crippen molar-refractivity contribution >= 4 is 50.1 Å². The standard InChI is InChI=1S/C22H32N2O4S.C21H30F2N2O4S.C21H31FN2O4S.2C21H32N2O4S/c1-29(25,26)23-19-6-4-10-24-11-12-27-21-7-3-2-5-18(21)22-9-8-17(13-16(22)14-22)28-15-20(19)24;1-30(26,27)24-17-6-4-10-25-11-12-28-19-7-3-2-5-16(19)15-8-9-20(21(22,23)13-15)29-14-18(17)25;1-29(25,26)23-18-6-4-12-24-13-14-27-20-7-3-2-5-17(20)16-8-10-21(22,11-9-16)28-15-19(18)24;2*1-28(24,25)22-19-6-4-12-23-13-14-26-21-7-3-2-5-18(21)16-8-10-17(11-9-16)27-15-20(19)23/h2-3,5,7,16-17,19-20,23H,4,6,8-15H2,1H3;2-3,5,7,15,17-18,20,24H,4,6,8-14H2,1H3;2-3,5,7,16,18-19,23H,4,6,8-15H2,1H3;2*2-3,5,7,16-17,19-20,22H,4,6,8-15H2,1H3/t16?,17-,19-,20?,22?;15?,17-,18?,20+;16?,18-,19?,21?;2*16?,17?,19-,20?/m00000/s1/i;;;17D;8D2. The molecule has 21 aliphatic rings. The molecule has 6 saturated carbocycles. The molecule has 0 radical (unpaired) electrons. The van der Waals surface area contributed by atoms with Gasteiger partial charge in [0, 0.05) is 126 Å². The molecule has 144 heavy (non-hydrogen) atoms. The largest absolute Gasteiger partial charge is 0.492 e. The van der Waals surface area contributed by atoms with Gasteiger partial charge in [0.15, 0.2) is 0 Å². The Morgan fingerprint density at radius 3 is 1.08 bits per heavy atom. The van der Waals surface area contributed by atoms with Crippen molar-refractivity contribution in [1.82, 2.24) is 48.1 Å². The third kappa shape index (κ3) is 29.7. The van der Waals surface area contributed by atoms with E-state index in [9.17, 15) is 50.9 Å². The third-order valence-corrected chi connectivity index (χ3v) is 36.5. The maximum Gasteiger partial charge on any atom is 0.274 e. The number of nitrogens with zero attached hydrogens (tertiary/aromatic N) is 5. The minimum Gasteiger partial charge on any atom is -0.492 e. The molecule has 15 heterocycles. The summed E-state index contributed by atoms with van der Waals surface area (Å²) in [4.78, 5) is 11.2. The molecule has 5 aromatic rings. The summed E-state index contributed by atoms with van der Waals surface area (Å²) in [5, 5.41) is 0. The van der Waals surface area contributed by atoms with Crippen LogP contribution in [-0.4, -0.2) is 326 Å². The Balaban J connectivity index is 0.000000126. The molecule has 10 unspecified atom stereocenters. The summed E-state index contributed by atoms with van der Waals surface area (Å²) >= 11 is 0. The van der Waals surface area contributed by atoms with Crippen molar-refractivity contribution in [2.75, 3.05) is 163 Å². The second-order valence-electron chi connectivity index (χ2n) is 43.0. The summed E-state index contributed by atoms with van der Waals surface area (Å²) in [6, 6.07) is 38.3. The van der Waals surface area contributed by atoms with E-state index < -0.39 is 80.5 Å². The Bertz CT molecular complexity index is 5660. The maximum atomic E-state index is 15.4. The van der Waals surface area contributed by atoms with Crippen molar-refractivity contribution in [2.45, 2.75) is 312 Å². The Morgan fingerprint density at radius 1 is 0.333 bits per heavy atom. The number of rotatable bonds is 10. The fourth-order valence-corrected chi connectivity index (χ4v) is 29.8. The highest BCUT2D eigenvalue weighted by Gasteiger charge is 2.59. The van der Waals surface area contributed by atoms with E-state index in [1.54, 1.807) is 0 Å². The Hall–Kier alpha value is -5.96. The SMILES string of the molecule is CS(=O)(=O)N[C@H]1CCCN2CCOc3ccccc3C34CC[C@@H](CC3C4)OCC12.CS(=O)(=O)N[C@H]1CCCN2CCOc3ccccc3C3CCC(F)(CC3)OCC12.CS(=O)(=O)N[C@H]1CCCN2CCOc3ccccc3C3CC[C@@H](OCC12)C(F)(F)C3.[2H]C1([2H])CC2CCC1c1ccccc1OCCN1CCC[C@H](NS(C)(=O)=O)C1CO2.[2H]C12CCC(CC1)c1ccccc1OCCN1CCC[C@H](NS(C)(=O)=O)C1CO2. The number of ether oxygens (including phenoxy) is 10. The van der Waals surface area contributed by atoms with Gasteiger partial charge in [0.25, 0.3) is 5.92 Å². The van der Waals surface area contributed by atoms with Gasteiger partial charge >= 0.3 is 0 Å². The van der Waals surface area contributed by atoms with Crippen molar-refractivity contribution < 1.29 is 107 Å². The molecule has 0 amide bonds. The van der Waals surface area contributed by atoms with Crippen LogP contribution in [0.2, 0.25) is 0 Å². The number of halogens is 3. The van der Waals surface area contributed by atoms with Crippen LogP contribution in [0.1, 0.15) is 242 Å². The Morgan fingerprint density at radius 2 is 0.674 bits per heavy atom. The number of nitrogens with one attached hydrogen (secondary N) is 5. The van der Waals surface area contributed by atoms with E-state index in [0.29, 0.717) is 148 Å². The lowest BCUT2D eigenvalue weighted by molar-refractivity contribution is -0.180. The van der Waals surface area contributed by atoms with Gasteiger partial charge in [-0.2, -0.15) is 0 Å². The van der Waals surface area contributed by atoms with Crippen LogP contribution >= 0.6 is 0 Å². The summed E-state index contributed by atoms with van der Waals surface area (Å²) in [5.41, 5.74) is 5.84. The number of hydrogen-bond donors (Lipinski definition) is 5. The first-order valence-electron chi connectivity index (χ1n) is 54.4. The minimum absolute atomic E-state index is 0.0592. The van der Waals surface area contributed by atoms with Gasteiger partial charge in [-0.15, -0.1) is 0 Å². The lowest BCUT2D eigenvalue weighted by atomic mass is 9.80. The lowest BCUT2D eigenvalue weighted by Crippen LogP contribution is -2.58. The first kappa shape index (κ1) is 105. The molecule has 30 nitrogen and oxygen atoms in total. The second-order valence-corrected chi connectivity index (χ2v) is 51.9. The van der Waals surface area contributed by atoms with Crippen LogP contribution in [0.5, 0.6) is 28.7 Å². The summed E-state index contributed by atoms with van der Waals surface area (Å²) in [6.45, 7) is 11.8. The zero-order chi connectivity index (χ0) is 104. The molecule has 0 aromatic heterocycles. The predicted molar refractivity (Wildman–Crippen MR) is 549 cm³/mol. The zero-order valence-corrected chi connectivity index (χ0v) is 88.5. The van der Waals surface area contributed by atoms with Crippen LogP contribution in [0, 0.1) is 5.92 Å². The molecule has 11 fully saturated rings. The van der Waals surface area contributed by atoms with Crippen molar-refractivity contribution in [3.05, 3.63) is 149 Å². The van der Waals surface area contributed by atoms with Crippen LogP contribution < -0.4 is 47.3 Å². The molecule has 1 spiro atoms. The molecular weight excluding hydrogens is 1950 g/mol. The predicted octanol–water partition coefficient (Wildman–Crippen LogP) is 12.8. The molecule has 17 atom stereocenters. The number of hydrogen-bond acceptors (Lipinski definition) is 25. The van der Waals surface area contributed by atoms with Crippen molar-refractivity contribution in [3.63, 3.8) is 0 Å².